The first kappa shape index (κ1) is 13.7. The fourth-order valence-corrected chi connectivity index (χ4v) is 1.54. The van der Waals surface area contributed by atoms with Gasteiger partial charge in [-0.25, -0.2) is 9.10 Å². The summed E-state index contributed by atoms with van der Waals surface area (Å²) in [5.41, 5.74) is 0. The second kappa shape index (κ2) is 6.36. The standard InChI is InChI=1S/C11H15NO4S/c1-12(2)17-11(13)16-10-6-8(14-3)5-9(7-10)15-4/h5-7H,1-4H3. The maximum Gasteiger partial charge on any atom is 0.388 e. The zero-order valence-corrected chi connectivity index (χ0v) is 11.0. The second-order valence-electron chi connectivity index (χ2n) is 3.30. The summed E-state index contributed by atoms with van der Waals surface area (Å²) >= 11 is 0.967. The highest BCUT2D eigenvalue weighted by Gasteiger charge is 2.10. The van der Waals surface area contributed by atoms with Gasteiger partial charge in [-0.15, -0.1) is 0 Å². The molecule has 0 bridgehead atoms. The lowest BCUT2D eigenvalue weighted by molar-refractivity contribution is 0.226. The minimum atomic E-state index is -0.412. The van der Waals surface area contributed by atoms with E-state index in [0.717, 1.165) is 11.9 Å². The predicted octanol–water partition coefficient (Wildman–Crippen LogP) is 2.41. The number of carbonyl (C=O) groups excluding carboxylic acids is 1. The Morgan fingerprint density at radius 3 is 1.94 bits per heavy atom. The molecule has 1 aromatic rings. The molecule has 0 aliphatic rings. The molecule has 0 unspecified atom stereocenters. The van der Waals surface area contributed by atoms with E-state index >= 15 is 0 Å². The number of hydrogen-bond donors (Lipinski definition) is 0. The highest BCUT2D eigenvalue weighted by Crippen LogP contribution is 2.28. The van der Waals surface area contributed by atoms with Gasteiger partial charge in [0, 0.05) is 30.1 Å². The third-order valence-corrected chi connectivity index (χ3v) is 2.38. The molecule has 0 atom stereocenters. The van der Waals surface area contributed by atoms with Crippen LogP contribution in [0.1, 0.15) is 0 Å². The van der Waals surface area contributed by atoms with E-state index < -0.39 is 5.30 Å². The molecule has 0 amide bonds. The molecule has 5 nitrogen and oxygen atoms in total. The Kier molecular flexibility index (Phi) is 5.11. The summed E-state index contributed by atoms with van der Waals surface area (Å²) in [4.78, 5) is 11.4. The summed E-state index contributed by atoms with van der Waals surface area (Å²) in [6.07, 6.45) is 0. The summed E-state index contributed by atoms with van der Waals surface area (Å²) in [5, 5.41) is -0.412. The average molecular weight is 257 g/mol. The molecule has 0 N–H and O–H groups in total. The van der Waals surface area contributed by atoms with E-state index in [1.165, 1.54) is 14.2 Å². The van der Waals surface area contributed by atoms with Gasteiger partial charge in [-0.2, -0.15) is 0 Å². The van der Waals surface area contributed by atoms with Crippen molar-refractivity contribution in [3.8, 4) is 17.2 Å². The van der Waals surface area contributed by atoms with Gasteiger partial charge < -0.3 is 14.2 Å². The topological polar surface area (TPSA) is 48.0 Å². The van der Waals surface area contributed by atoms with E-state index in [1.807, 2.05) is 0 Å². The van der Waals surface area contributed by atoms with Crippen molar-refractivity contribution >= 4 is 17.2 Å². The lowest BCUT2D eigenvalue weighted by Gasteiger charge is -2.10. The van der Waals surface area contributed by atoms with Crippen LogP contribution >= 0.6 is 11.9 Å². The van der Waals surface area contributed by atoms with Gasteiger partial charge in [0.1, 0.15) is 17.2 Å². The molecule has 6 heteroatoms. The molecule has 0 aliphatic heterocycles. The summed E-state index contributed by atoms with van der Waals surface area (Å²) < 4.78 is 16.9. The number of rotatable bonds is 4. The molecule has 94 valence electrons. The van der Waals surface area contributed by atoms with Gasteiger partial charge in [0.2, 0.25) is 0 Å². The third-order valence-electron chi connectivity index (χ3n) is 1.78. The van der Waals surface area contributed by atoms with E-state index in [0.29, 0.717) is 17.2 Å². The van der Waals surface area contributed by atoms with Crippen molar-refractivity contribution in [3.05, 3.63) is 18.2 Å². The van der Waals surface area contributed by atoms with Crippen LogP contribution < -0.4 is 14.2 Å². The molecule has 0 fully saturated rings. The molecule has 0 saturated carbocycles. The second-order valence-corrected chi connectivity index (χ2v) is 4.55. The highest BCUT2D eigenvalue weighted by molar-refractivity contribution is 8.11. The number of hydrogen-bond acceptors (Lipinski definition) is 6. The van der Waals surface area contributed by atoms with Crippen molar-refractivity contribution in [2.24, 2.45) is 0 Å². The van der Waals surface area contributed by atoms with Crippen LogP contribution in [0.4, 0.5) is 4.79 Å². The van der Waals surface area contributed by atoms with Crippen molar-refractivity contribution in [1.29, 1.82) is 0 Å². The van der Waals surface area contributed by atoms with E-state index in [4.69, 9.17) is 14.2 Å². The van der Waals surface area contributed by atoms with Gasteiger partial charge in [0.15, 0.2) is 0 Å². The van der Waals surface area contributed by atoms with Gasteiger partial charge in [0.05, 0.1) is 14.2 Å². The van der Waals surface area contributed by atoms with Crippen molar-refractivity contribution < 1.29 is 19.0 Å². The number of nitrogens with zero attached hydrogens (tertiary/aromatic N) is 1. The van der Waals surface area contributed by atoms with Crippen LogP contribution in [-0.2, 0) is 0 Å². The zero-order valence-electron chi connectivity index (χ0n) is 10.2. The maximum atomic E-state index is 11.4. The van der Waals surface area contributed by atoms with E-state index in [9.17, 15) is 4.79 Å². The zero-order chi connectivity index (χ0) is 12.8. The first-order chi connectivity index (χ1) is 8.05. The highest BCUT2D eigenvalue weighted by atomic mass is 32.2. The monoisotopic (exact) mass is 257 g/mol. The SMILES string of the molecule is COc1cc(OC)cc(OC(=O)SN(C)C)c1. The average Bonchev–Trinajstić information content (AvgIpc) is 2.27. The fraction of sp³-hybridized carbons (Fsp3) is 0.364. The Morgan fingerprint density at radius 1 is 1.06 bits per heavy atom. The molecule has 0 heterocycles. The lowest BCUT2D eigenvalue weighted by Crippen LogP contribution is -2.09. The molecule has 0 saturated heterocycles. The quantitative estimate of drug-likeness (QED) is 0.610. The molecule has 17 heavy (non-hydrogen) atoms. The summed E-state index contributed by atoms with van der Waals surface area (Å²) in [6.45, 7) is 0. The Morgan fingerprint density at radius 2 is 1.53 bits per heavy atom. The van der Waals surface area contributed by atoms with Crippen molar-refractivity contribution in [3.63, 3.8) is 0 Å². The normalized spacial score (nSPS) is 10.2. The number of carbonyl (C=O) groups is 1. The van der Waals surface area contributed by atoms with Crippen LogP contribution in [0.3, 0.4) is 0 Å². The van der Waals surface area contributed by atoms with Crippen molar-refractivity contribution in [2.75, 3.05) is 28.3 Å². The van der Waals surface area contributed by atoms with E-state index in [-0.39, 0.29) is 0 Å². The molecule has 1 rings (SSSR count). The Balaban J connectivity index is 2.79. The molecule has 1 aromatic carbocycles. The van der Waals surface area contributed by atoms with Gasteiger partial charge >= 0.3 is 5.30 Å². The molecule has 0 spiro atoms. The first-order valence-electron chi connectivity index (χ1n) is 4.85. The Labute approximate surface area is 105 Å². The molecular formula is C11H15NO4S. The molecule has 0 radical (unpaired) electrons. The fourth-order valence-electron chi connectivity index (χ4n) is 1.10. The van der Waals surface area contributed by atoms with Crippen molar-refractivity contribution in [2.45, 2.75) is 0 Å². The van der Waals surface area contributed by atoms with Crippen molar-refractivity contribution in [1.82, 2.24) is 4.31 Å². The summed E-state index contributed by atoms with van der Waals surface area (Å²) in [5.74, 6) is 1.53. The Bertz CT molecular complexity index is 373. The third kappa shape index (κ3) is 4.54. The van der Waals surface area contributed by atoms with Crippen LogP contribution in [0.25, 0.3) is 0 Å². The molecular weight excluding hydrogens is 242 g/mol. The number of benzene rings is 1. The summed E-state index contributed by atoms with van der Waals surface area (Å²) in [6, 6.07) is 4.95. The molecule has 0 aromatic heterocycles. The first-order valence-corrected chi connectivity index (χ1v) is 5.62. The Hall–Kier alpha value is -1.40. The number of methoxy groups -OCH3 is 2. The minimum Gasteiger partial charge on any atom is -0.496 e. The van der Waals surface area contributed by atoms with Crippen LogP contribution in [0.15, 0.2) is 18.2 Å². The van der Waals surface area contributed by atoms with Gasteiger partial charge in [-0.1, -0.05) is 0 Å². The van der Waals surface area contributed by atoms with Gasteiger partial charge in [-0.3, -0.25) is 0 Å². The predicted molar refractivity (Wildman–Crippen MR) is 66.8 cm³/mol. The van der Waals surface area contributed by atoms with Crippen LogP contribution in [0.5, 0.6) is 17.2 Å². The van der Waals surface area contributed by atoms with Gasteiger partial charge in [0.25, 0.3) is 0 Å². The largest absolute Gasteiger partial charge is 0.496 e. The van der Waals surface area contributed by atoms with E-state index in [2.05, 4.69) is 0 Å². The van der Waals surface area contributed by atoms with Gasteiger partial charge in [-0.05, 0) is 14.1 Å². The number of ether oxygens (including phenoxy) is 3. The van der Waals surface area contributed by atoms with Crippen LogP contribution in [0.2, 0.25) is 0 Å². The lowest BCUT2D eigenvalue weighted by atomic mass is 10.3. The van der Waals surface area contributed by atoms with E-state index in [1.54, 1.807) is 36.6 Å². The summed E-state index contributed by atoms with van der Waals surface area (Å²) in [7, 11) is 6.60. The van der Waals surface area contributed by atoms with Crippen LogP contribution in [0, 0.1) is 0 Å². The maximum absolute atomic E-state index is 11.4. The molecule has 0 aliphatic carbocycles. The smallest absolute Gasteiger partial charge is 0.388 e. The minimum absolute atomic E-state index is 0.389. The van der Waals surface area contributed by atoms with Crippen LogP contribution in [-0.4, -0.2) is 37.9 Å².